The van der Waals surface area contributed by atoms with Gasteiger partial charge in [0.25, 0.3) is 0 Å². The Labute approximate surface area is 153 Å². The van der Waals surface area contributed by atoms with Crippen LogP contribution < -0.4 is 0 Å². The number of benzene rings is 2. The molecule has 2 aromatic carbocycles. The fourth-order valence-electron chi connectivity index (χ4n) is 3.98. The third kappa shape index (κ3) is 4.26. The van der Waals surface area contributed by atoms with Crippen LogP contribution in [0.5, 0.6) is 0 Å². The highest BCUT2D eigenvalue weighted by Gasteiger charge is 2.10. The summed E-state index contributed by atoms with van der Waals surface area (Å²) in [5.41, 5.74) is 5.49. The van der Waals surface area contributed by atoms with Crippen molar-refractivity contribution in [1.29, 1.82) is 0 Å². The Hall–Kier alpha value is -1.76. The van der Waals surface area contributed by atoms with E-state index in [1.54, 1.807) is 0 Å². The van der Waals surface area contributed by atoms with Gasteiger partial charge in [-0.3, -0.25) is 0 Å². The summed E-state index contributed by atoms with van der Waals surface area (Å²) in [7, 11) is 0. The third-order valence-electron chi connectivity index (χ3n) is 5.41. The molecule has 1 heterocycles. The number of hydrogen-bond acceptors (Lipinski definition) is 0. The molecule has 0 unspecified atom stereocenters. The summed E-state index contributed by atoms with van der Waals surface area (Å²) in [6, 6.07) is 13.8. The van der Waals surface area contributed by atoms with Gasteiger partial charge in [-0.05, 0) is 44.5 Å². The van der Waals surface area contributed by atoms with E-state index in [2.05, 4.69) is 61.7 Å². The summed E-state index contributed by atoms with van der Waals surface area (Å²) in [5.74, 6) is 0. The molecule has 0 radical (unpaired) electrons. The van der Waals surface area contributed by atoms with Crippen LogP contribution in [-0.4, -0.2) is 4.57 Å². The monoisotopic (exact) mass is 335 g/mol. The van der Waals surface area contributed by atoms with E-state index in [9.17, 15) is 0 Å². The van der Waals surface area contributed by atoms with Crippen LogP contribution >= 0.6 is 0 Å². The highest BCUT2D eigenvalue weighted by atomic mass is 15.0. The Morgan fingerprint density at radius 2 is 1.12 bits per heavy atom. The first-order valence-electron chi connectivity index (χ1n) is 10.2. The van der Waals surface area contributed by atoms with Crippen molar-refractivity contribution >= 4 is 21.8 Å². The molecule has 1 nitrogen and oxygen atoms in total. The van der Waals surface area contributed by atoms with E-state index in [-0.39, 0.29) is 0 Å². The van der Waals surface area contributed by atoms with E-state index in [0.29, 0.717) is 0 Å². The molecule has 3 aromatic rings. The van der Waals surface area contributed by atoms with Crippen molar-refractivity contribution in [3.63, 3.8) is 0 Å². The maximum Gasteiger partial charge on any atom is 0.0491 e. The molecule has 0 aliphatic rings. The normalized spacial score (nSPS) is 11.6. The predicted molar refractivity (Wildman–Crippen MR) is 112 cm³/mol. The van der Waals surface area contributed by atoms with E-state index in [1.807, 2.05) is 0 Å². The SMILES string of the molecule is CCCCCCCCCCn1c2ccc(C)cc2c2cc(C)ccc21. The van der Waals surface area contributed by atoms with Gasteiger partial charge >= 0.3 is 0 Å². The minimum absolute atomic E-state index is 1.14. The molecule has 0 bridgehead atoms. The molecule has 0 aliphatic heterocycles. The molecule has 0 amide bonds. The summed E-state index contributed by atoms with van der Waals surface area (Å²) in [5, 5.41) is 2.83. The lowest BCUT2D eigenvalue weighted by atomic mass is 10.1. The molecule has 1 heteroatoms. The minimum atomic E-state index is 1.14. The predicted octanol–water partition coefficient (Wildman–Crippen LogP) is 7.55. The van der Waals surface area contributed by atoms with E-state index in [4.69, 9.17) is 0 Å². The molecule has 0 atom stereocenters. The molecule has 25 heavy (non-hydrogen) atoms. The van der Waals surface area contributed by atoms with Crippen molar-refractivity contribution in [3.05, 3.63) is 47.5 Å². The number of fused-ring (bicyclic) bond motifs is 3. The third-order valence-corrected chi connectivity index (χ3v) is 5.41. The summed E-state index contributed by atoms with van der Waals surface area (Å²) < 4.78 is 2.54. The Bertz CT molecular complexity index is 766. The van der Waals surface area contributed by atoms with Gasteiger partial charge in [-0.1, -0.05) is 75.1 Å². The van der Waals surface area contributed by atoms with Crippen LogP contribution in [0.4, 0.5) is 0 Å². The lowest BCUT2D eigenvalue weighted by molar-refractivity contribution is 0.553. The molecule has 0 saturated heterocycles. The van der Waals surface area contributed by atoms with Crippen LogP contribution in [0.1, 0.15) is 69.4 Å². The molecular formula is C24H33N. The van der Waals surface area contributed by atoms with E-state index in [0.717, 1.165) is 6.54 Å². The van der Waals surface area contributed by atoms with Crippen molar-refractivity contribution in [2.45, 2.75) is 78.7 Å². The topological polar surface area (TPSA) is 4.93 Å². The number of rotatable bonds is 9. The van der Waals surface area contributed by atoms with Gasteiger partial charge in [0.1, 0.15) is 0 Å². The van der Waals surface area contributed by atoms with E-state index in [1.165, 1.54) is 84.3 Å². The molecule has 0 N–H and O–H groups in total. The first kappa shape index (κ1) is 18.0. The highest BCUT2D eigenvalue weighted by molar-refractivity contribution is 6.08. The Balaban J connectivity index is 1.70. The molecule has 1 aromatic heterocycles. The molecule has 3 rings (SSSR count). The first-order valence-corrected chi connectivity index (χ1v) is 10.2. The van der Waals surface area contributed by atoms with Crippen LogP contribution in [0.2, 0.25) is 0 Å². The Morgan fingerprint density at radius 1 is 0.640 bits per heavy atom. The highest BCUT2D eigenvalue weighted by Crippen LogP contribution is 2.31. The molecule has 134 valence electrons. The van der Waals surface area contributed by atoms with E-state index >= 15 is 0 Å². The van der Waals surface area contributed by atoms with E-state index < -0.39 is 0 Å². The van der Waals surface area contributed by atoms with Crippen LogP contribution in [0.15, 0.2) is 36.4 Å². The van der Waals surface area contributed by atoms with Crippen molar-refractivity contribution in [2.75, 3.05) is 0 Å². The molecule has 0 saturated carbocycles. The van der Waals surface area contributed by atoms with Crippen molar-refractivity contribution < 1.29 is 0 Å². The maximum absolute atomic E-state index is 2.54. The number of aryl methyl sites for hydroxylation is 3. The zero-order chi connectivity index (χ0) is 17.6. The van der Waals surface area contributed by atoms with Gasteiger partial charge in [0.05, 0.1) is 0 Å². The summed E-state index contributed by atoms with van der Waals surface area (Å²) in [4.78, 5) is 0. The lowest BCUT2D eigenvalue weighted by Gasteiger charge is -2.08. The minimum Gasteiger partial charge on any atom is -0.340 e. The second kappa shape index (κ2) is 8.56. The molecule has 0 fully saturated rings. The zero-order valence-corrected chi connectivity index (χ0v) is 16.3. The number of unbranched alkanes of at least 4 members (excludes halogenated alkanes) is 7. The summed E-state index contributed by atoms with van der Waals surface area (Å²) in [6.45, 7) is 7.81. The summed E-state index contributed by atoms with van der Waals surface area (Å²) in [6.07, 6.45) is 11.0. The Kier molecular flexibility index (Phi) is 6.18. The molecule has 0 spiro atoms. The van der Waals surface area contributed by atoms with Crippen LogP contribution in [-0.2, 0) is 6.54 Å². The van der Waals surface area contributed by atoms with Gasteiger partial charge in [0.2, 0.25) is 0 Å². The fraction of sp³-hybridized carbons (Fsp3) is 0.500. The second-order valence-corrected chi connectivity index (χ2v) is 7.67. The molecule has 0 aliphatic carbocycles. The van der Waals surface area contributed by atoms with Gasteiger partial charge < -0.3 is 4.57 Å². The average Bonchev–Trinajstić information content (AvgIpc) is 2.90. The van der Waals surface area contributed by atoms with Crippen molar-refractivity contribution in [1.82, 2.24) is 4.57 Å². The van der Waals surface area contributed by atoms with Crippen molar-refractivity contribution in [2.24, 2.45) is 0 Å². The van der Waals surface area contributed by atoms with Crippen molar-refractivity contribution in [3.8, 4) is 0 Å². The van der Waals surface area contributed by atoms with Gasteiger partial charge in [0.15, 0.2) is 0 Å². The largest absolute Gasteiger partial charge is 0.340 e. The molecular weight excluding hydrogens is 302 g/mol. The van der Waals surface area contributed by atoms with Gasteiger partial charge in [0, 0.05) is 28.4 Å². The quantitative estimate of drug-likeness (QED) is 0.356. The smallest absolute Gasteiger partial charge is 0.0491 e. The fourth-order valence-corrected chi connectivity index (χ4v) is 3.98. The standard InChI is InChI=1S/C24H33N/c1-4-5-6-7-8-9-10-11-16-25-23-14-12-19(2)17-21(23)22-18-20(3)13-15-24(22)25/h12-15,17-18H,4-11,16H2,1-3H3. The number of aromatic nitrogens is 1. The lowest BCUT2D eigenvalue weighted by Crippen LogP contribution is -1.97. The van der Waals surface area contributed by atoms with Crippen LogP contribution in [0, 0.1) is 13.8 Å². The number of nitrogens with zero attached hydrogens (tertiary/aromatic N) is 1. The van der Waals surface area contributed by atoms with Gasteiger partial charge in [-0.25, -0.2) is 0 Å². The van der Waals surface area contributed by atoms with Crippen LogP contribution in [0.25, 0.3) is 21.8 Å². The second-order valence-electron chi connectivity index (χ2n) is 7.67. The van der Waals surface area contributed by atoms with Crippen LogP contribution in [0.3, 0.4) is 0 Å². The Morgan fingerprint density at radius 3 is 1.64 bits per heavy atom. The average molecular weight is 336 g/mol. The number of hydrogen-bond donors (Lipinski definition) is 0. The summed E-state index contributed by atoms with van der Waals surface area (Å²) >= 11 is 0. The maximum atomic E-state index is 2.54. The zero-order valence-electron chi connectivity index (χ0n) is 16.3. The van der Waals surface area contributed by atoms with Gasteiger partial charge in [-0.2, -0.15) is 0 Å². The first-order chi connectivity index (χ1) is 12.2. The van der Waals surface area contributed by atoms with Gasteiger partial charge in [-0.15, -0.1) is 0 Å².